The smallest absolute Gasteiger partial charge is 0.254 e. The van der Waals surface area contributed by atoms with E-state index >= 15 is 0 Å². The monoisotopic (exact) mass is 358 g/mol. The van der Waals surface area contributed by atoms with Crippen LogP contribution in [0, 0.1) is 11.6 Å². The Hall–Kier alpha value is -2.76. The third kappa shape index (κ3) is 3.59. The third-order valence-corrected chi connectivity index (χ3v) is 4.69. The summed E-state index contributed by atoms with van der Waals surface area (Å²) < 4.78 is 26.1. The highest BCUT2D eigenvalue weighted by atomic mass is 19.1. The van der Waals surface area contributed by atoms with Crippen LogP contribution in [0.4, 0.5) is 8.78 Å². The van der Waals surface area contributed by atoms with Crippen molar-refractivity contribution in [2.45, 2.75) is 25.9 Å². The number of halogens is 2. The van der Waals surface area contributed by atoms with Crippen molar-refractivity contribution in [2.24, 2.45) is 0 Å². The number of piperazine rings is 1. The van der Waals surface area contributed by atoms with Crippen LogP contribution in [-0.2, 0) is 0 Å². The molecule has 2 aromatic carbocycles. The van der Waals surface area contributed by atoms with Crippen LogP contribution < -0.4 is 0 Å². The summed E-state index contributed by atoms with van der Waals surface area (Å²) in [6, 6.07) is 10.5. The normalized spacial score (nSPS) is 20.2. The van der Waals surface area contributed by atoms with E-state index in [0.29, 0.717) is 24.2 Å². The van der Waals surface area contributed by atoms with Crippen molar-refractivity contribution in [3.8, 4) is 0 Å². The Morgan fingerprint density at radius 3 is 1.35 bits per heavy atom. The summed E-state index contributed by atoms with van der Waals surface area (Å²) in [4.78, 5) is 28.8. The van der Waals surface area contributed by atoms with Crippen LogP contribution in [0.25, 0.3) is 0 Å². The van der Waals surface area contributed by atoms with Crippen LogP contribution in [0.2, 0.25) is 0 Å². The second-order valence-corrected chi connectivity index (χ2v) is 6.63. The molecule has 2 atom stereocenters. The lowest BCUT2D eigenvalue weighted by Gasteiger charge is -2.44. The van der Waals surface area contributed by atoms with Crippen molar-refractivity contribution < 1.29 is 18.4 Å². The van der Waals surface area contributed by atoms with Gasteiger partial charge in [-0.1, -0.05) is 0 Å². The zero-order chi connectivity index (χ0) is 18.8. The second kappa shape index (κ2) is 7.23. The molecule has 0 aliphatic carbocycles. The van der Waals surface area contributed by atoms with Crippen molar-refractivity contribution >= 4 is 11.8 Å². The van der Waals surface area contributed by atoms with E-state index in [1.54, 1.807) is 9.80 Å². The maximum absolute atomic E-state index is 13.1. The van der Waals surface area contributed by atoms with Gasteiger partial charge in [-0.15, -0.1) is 0 Å². The Kier molecular flexibility index (Phi) is 5.02. The summed E-state index contributed by atoms with van der Waals surface area (Å²) in [6.07, 6.45) is 0. The van der Waals surface area contributed by atoms with Gasteiger partial charge in [0.05, 0.1) is 0 Å². The number of carbonyl (C=O) groups is 2. The maximum atomic E-state index is 13.1. The first-order chi connectivity index (χ1) is 12.4. The molecular weight excluding hydrogens is 338 g/mol. The Bertz CT molecular complexity index is 736. The quantitative estimate of drug-likeness (QED) is 0.826. The van der Waals surface area contributed by atoms with E-state index in [4.69, 9.17) is 0 Å². The molecule has 0 N–H and O–H groups in total. The summed E-state index contributed by atoms with van der Waals surface area (Å²) >= 11 is 0. The number of hydrogen-bond acceptors (Lipinski definition) is 2. The van der Waals surface area contributed by atoms with E-state index < -0.39 is 11.6 Å². The number of benzene rings is 2. The fraction of sp³-hybridized carbons (Fsp3) is 0.300. The lowest BCUT2D eigenvalue weighted by atomic mass is 10.0. The van der Waals surface area contributed by atoms with E-state index in [1.165, 1.54) is 48.5 Å². The zero-order valence-electron chi connectivity index (χ0n) is 14.7. The number of nitrogens with zero attached hydrogens (tertiary/aromatic N) is 2. The van der Waals surface area contributed by atoms with Crippen LogP contribution in [0.15, 0.2) is 48.5 Å². The summed E-state index contributed by atoms with van der Waals surface area (Å²) in [5, 5.41) is 0. The standard InChI is InChI=1S/C20H20F2N2O2/c1-13-11-24(20(26)16-5-9-18(22)10-6-16)14(2)12-23(13)19(25)15-3-7-17(21)8-4-15/h3-10,13-14H,11-12H2,1-2H3. The van der Waals surface area contributed by atoms with Gasteiger partial charge in [0.1, 0.15) is 11.6 Å². The van der Waals surface area contributed by atoms with Gasteiger partial charge >= 0.3 is 0 Å². The van der Waals surface area contributed by atoms with Gasteiger partial charge in [-0.2, -0.15) is 0 Å². The van der Waals surface area contributed by atoms with Crippen LogP contribution >= 0.6 is 0 Å². The first-order valence-electron chi connectivity index (χ1n) is 8.50. The minimum atomic E-state index is -0.391. The van der Waals surface area contributed by atoms with Crippen molar-refractivity contribution in [1.29, 1.82) is 0 Å². The average Bonchev–Trinajstić information content (AvgIpc) is 2.63. The number of amides is 2. The highest BCUT2D eigenvalue weighted by Gasteiger charge is 2.35. The number of rotatable bonds is 2. The van der Waals surface area contributed by atoms with Gasteiger partial charge in [0.15, 0.2) is 0 Å². The van der Waals surface area contributed by atoms with Gasteiger partial charge in [0.25, 0.3) is 11.8 Å². The summed E-state index contributed by atoms with van der Waals surface area (Å²) in [5.41, 5.74) is 0.840. The van der Waals surface area contributed by atoms with E-state index in [2.05, 4.69) is 0 Å². The van der Waals surface area contributed by atoms with Gasteiger partial charge in [0, 0.05) is 36.3 Å². The highest BCUT2D eigenvalue weighted by Crippen LogP contribution is 2.20. The number of hydrogen-bond donors (Lipinski definition) is 0. The molecule has 0 aromatic heterocycles. The first kappa shape index (κ1) is 18.0. The summed E-state index contributed by atoms with van der Waals surface area (Å²) in [6.45, 7) is 4.51. The van der Waals surface area contributed by atoms with E-state index in [0.717, 1.165) is 0 Å². The molecule has 2 amide bonds. The lowest BCUT2D eigenvalue weighted by Crippen LogP contribution is -2.59. The van der Waals surface area contributed by atoms with E-state index in [-0.39, 0.29) is 23.9 Å². The minimum Gasteiger partial charge on any atom is -0.332 e. The Labute approximate surface area is 151 Å². The molecule has 1 heterocycles. The Balaban J connectivity index is 1.74. The van der Waals surface area contributed by atoms with E-state index in [1.807, 2.05) is 13.8 Å². The SMILES string of the molecule is CC1CN(C(=O)c2ccc(F)cc2)C(C)CN1C(=O)c1ccc(F)cc1. The predicted molar refractivity (Wildman–Crippen MR) is 93.8 cm³/mol. The summed E-state index contributed by atoms with van der Waals surface area (Å²) in [5.74, 6) is -1.15. The molecular formula is C20H20F2N2O2. The van der Waals surface area contributed by atoms with Crippen LogP contribution in [0.1, 0.15) is 34.6 Å². The van der Waals surface area contributed by atoms with Gasteiger partial charge in [-0.25, -0.2) is 8.78 Å². The molecule has 3 rings (SSSR count). The molecule has 26 heavy (non-hydrogen) atoms. The molecule has 1 aliphatic rings. The van der Waals surface area contributed by atoms with Crippen LogP contribution in [0.3, 0.4) is 0 Å². The predicted octanol–water partition coefficient (Wildman–Crippen LogP) is 3.34. The Morgan fingerprint density at radius 1 is 0.731 bits per heavy atom. The summed E-state index contributed by atoms with van der Waals surface area (Å²) in [7, 11) is 0. The molecule has 1 aliphatic heterocycles. The van der Waals surface area contributed by atoms with E-state index in [9.17, 15) is 18.4 Å². The van der Waals surface area contributed by atoms with Crippen LogP contribution in [-0.4, -0.2) is 46.8 Å². The van der Waals surface area contributed by atoms with Crippen molar-refractivity contribution in [2.75, 3.05) is 13.1 Å². The maximum Gasteiger partial charge on any atom is 0.254 e. The van der Waals surface area contributed by atoms with Gasteiger partial charge in [-0.3, -0.25) is 9.59 Å². The van der Waals surface area contributed by atoms with Gasteiger partial charge in [-0.05, 0) is 62.4 Å². The highest BCUT2D eigenvalue weighted by molar-refractivity contribution is 5.96. The third-order valence-electron chi connectivity index (χ3n) is 4.69. The molecule has 4 nitrogen and oxygen atoms in total. The fourth-order valence-corrected chi connectivity index (χ4v) is 3.21. The molecule has 0 spiro atoms. The molecule has 0 radical (unpaired) electrons. The molecule has 0 bridgehead atoms. The number of carbonyl (C=O) groups excluding carboxylic acids is 2. The lowest BCUT2D eigenvalue weighted by molar-refractivity contribution is 0.0270. The molecule has 2 aromatic rings. The molecule has 6 heteroatoms. The van der Waals surface area contributed by atoms with Crippen molar-refractivity contribution in [1.82, 2.24) is 9.80 Å². The topological polar surface area (TPSA) is 40.6 Å². The minimum absolute atomic E-state index is 0.182. The first-order valence-corrected chi connectivity index (χ1v) is 8.50. The largest absolute Gasteiger partial charge is 0.332 e. The average molecular weight is 358 g/mol. The molecule has 2 unspecified atom stereocenters. The Morgan fingerprint density at radius 2 is 1.04 bits per heavy atom. The fourth-order valence-electron chi connectivity index (χ4n) is 3.21. The van der Waals surface area contributed by atoms with Crippen molar-refractivity contribution in [3.63, 3.8) is 0 Å². The molecule has 136 valence electrons. The second-order valence-electron chi connectivity index (χ2n) is 6.63. The van der Waals surface area contributed by atoms with Gasteiger partial charge in [0.2, 0.25) is 0 Å². The van der Waals surface area contributed by atoms with Crippen molar-refractivity contribution in [3.05, 3.63) is 71.3 Å². The van der Waals surface area contributed by atoms with Gasteiger partial charge < -0.3 is 9.80 Å². The molecule has 0 saturated carbocycles. The molecule has 1 fully saturated rings. The van der Waals surface area contributed by atoms with Crippen LogP contribution in [0.5, 0.6) is 0 Å². The zero-order valence-corrected chi connectivity index (χ0v) is 14.7. The molecule has 1 saturated heterocycles.